The molecule has 0 bridgehead atoms. The summed E-state index contributed by atoms with van der Waals surface area (Å²) >= 11 is 0. The number of nitrogens with one attached hydrogen (secondary N) is 1. The normalized spacial score (nSPS) is 19.7. The molecular weight excluding hydrogens is 278 g/mol. The largest absolute Gasteiger partial charge is 0.352 e. The average Bonchev–Trinajstić information content (AvgIpc) is 3.27. The van der Waals surface area contributed by atoms with Gasteiger partial charge in [-0.15, -0.1) is 0 Å². The number of nitrogens with zero attached hydrogens (tertiary/aromatic N) is 4. The van der Waals surface area contributed by atoms with Gasteiger partial charge in [0.05, 0.1) is 6.54 Å². The molecule has 6 heteroatoms. The molecule has 2 aliphatic rings. The Morgan fingerprint density at radius 1 is 1.36 bits per heavy atom. The minimum Gasteiger partial charge on any atom is -0.352 e. The highest BCUT2D eigenvalue weighted by Crippen LogP contribution is 2.26. The van der Waals surface area contributed by atoms with Crippen LogP contribution in [0.5, 0.6) is 0 Å². The zero-order chi connectivity index (χ0) is 15.5. The molecule has 1 saturated carbocycles. The number of rotatable bonds is 6. The third-order valence-electron chi connectivity index (χ3n) is 4.75. The minimum absolute atomic E-state index is 0.184. The molecule has 0 spiro atoms. The van der Waals surface area contributed by atoms with Crippen LogP contribution in [0.1, 0.15) is 32.6 Å². The van der Waals surface area contributed by atoms with Gasteiger partial charge < -0.3 is 14.8 Å². The Hall–Kier alpha value is -1.56. The van der Waals surface area contributed by atoms with Gasteiger partial charge in [0.15, 0.2) is 0 Å². The van der Waals surface area contributed by atoms with E-state index in [-0.39, 0.29) is 5.91 Å². The van der Waals surface area contributed by atoms with Gasteiger partial charge in [-0.1, -0.05) is 6.92 Å². The van der Waals surface area contributed by atoms with Crippen LogP contribution in [0.3, 0.4) is 0 Å². The summed E-state index contributed by atoms with van der Waals surface area (Å²) in [4.78, 5) is 21.2. The average molecular weight is 305 g/mol. The van der Waals surface area contributed by atoms with Crippen LogP contribution >= 0.6 is 0 Å². The summed E-state index contributed by atoms with van der Waals surface area (Å²) in [6.45, 7) is 5.57. The van der Waals surface area contributed by atoms with Crippen molar-refractivity contribution >= 4 is 11.9 Å². The fourth-order valence-corrected chi connectivity index (χ4v) is 3.28. The smallest absolute Gasteiger partial charge is 0.234 e. The molecule has 1 aliphatic carbocycles. The summed E-state index contributed by atoms with van der Waals surface area (Å²) in [5.41, 5.74) is 0. The lowest BCUT2D eigenvalue weighted by atomic mass is 10.1. The fraction of sp³-hybridized carbons (Fsp3) is 0.750. The van der Waals surface area contributed by atoms with Crippen LogP contribution in [0.25, 0.3) is 0 Å². The quantitative estimate of drug-likeness (QED) is 0.851. The van der Waals surface area contributed by atoms with Crippen LogP contribution in [0.2, 0.25) is 0 Å². The molecule has 1 saturated heterocycles. The number of aromatic nitrogens is 2. The van der Waals surface area contributed by atoms with Crippen LogP contribution in [0, 0.1) is 0 Å². The van der Waals surface area contributed by atoms with Gasteiger partial charge in [0.2, 0.25) is 11.9 Å². The zero-order valence-corrected chi connectivity index (χ0v) is 13.7. The number of hydrogen-bond acceptors (Lipinski definition) is 4. The summed E-state index contributed by atoms with van der Waals surface area (Å²) in [5.74, 6) is 1.21. The first-order chi connectivity index (χ1) is 10.7. The third-order valence-corrected chi connectivity index (χ3v) is 4.75. The van der Waals surface area contributed by atoms with E-state index in [0.29, 0.717) is 18.6 Å². The second-order valence-electron chi connectivity index (χ2n) is 6.46. The molecule has 22 heavy (non-hydrogen) atoms. The van der Waals surface area contributed by atoms with E-state index in [2.05, 4.69) is 27.0 Å². The Bertz CT molecular complexity index is 502. The third kappa shape index (κ3) is 3.61. The Kier molecular flexibility index (Phi) is 4.66. The van der Waals surface area contributed by atoms with Crippen molar-refractivity contribution < 1.29 is 4.79 Å². The predicted octanol–water partition coefficient (Wildman–Crippen LogP) is 0.989. The van der Waals surface area contributed by atoms with E-state index in [1.165, 1.54) is 12.8 Å². The number of carbonyl (C=O) groups excluding carboxylic acids is 1. The maximum absolute atomic E-state index is 12.2. The lowest BCUT2D eigenvalue weighted by molar-refractivity contribution is -0.123. The minimum atomic E-state index is 0.184. The summed E-state index contributed by atoms with van der Waals surface area (Å²) in [6.07, 6.45) is 8.30. The van der Waals surface area contributed by atoms with Gasteiger partial charge in [0, 0.05) is 44.6 Å². The topological polar surface area (TPSA) is 53.4 Å². The van der Waals surface area contributed by atoms with E-state index in [9.17, 15) is 4.79 Å². The van der Waals surface area contributed by atoms with Gasteiger partial charge in [-0.2, -0.15) is 0 Å². The summed E-state index contributed by atoms with van der Waals surface area (Å²) < 4.78 is 2.05. The van der Waals surface area contributed by atoms with Crippen LogP contribution in [-0.2, 0) is 11.8 Å². The number of anilines is 1. The Labute approximate surface area is 132 Å². The highest BCUT2D eigenvalue weighted by atomic mass is 16.2. The summed E-state index contributed by atoms with van der Waals surface area (Å²) in [5, 5.41) is 3.21. The van der Waals surface area contributed by atoms with Crippen molar-refractivity contribution in [3.8, 4) is 0 Å². The molecule has 6 nitrogen and oxygen atoms in total. The van der Waals surface area contributed by atoms with E-state index in [1.807, 2.05) is 24.0 Å². The predicted molar refractivity (Wildman–Crippen MR) is 86.9 cm³/mol. The lowest BCUT2D eigenvalue weighted by Gasteiger charge is -2.33. The number of piperidine rings is 1. The standard InChI is InChI=1S/C16H27N5O/c1-3-20(14-4-5-14)12-15(22)18-13-6-9-21(10-7-13)16-17-8-11-19(16)2/h8,11,13-14H,3-7,9-10,12H2,1-2H3,(H,18,22). The van der Waals surface area contributed by atoms with Gasteiger partial charge >= 0.3 is 0 Å². The molecule has 1 N–H and O–H groups in total. The van der Waals surface area contributed by atoms with Gasteiger partial charge in [-0.05, 0) is 32.2 Å². The van der Waals surface area contributed by atoms with E-state index in [1.54, 1.807) is 0 Å². The molecule has 0 aromatic carbocycles. The number of likely N-dealkylation sites (N-methyl/N-ethyl adjacent to an activating group) is 1. The van der Waals surface area contributed by atoms with Crippen molar-refractivity contribution in [3.63, 3.8) is 0 Å². The van der Waals surface area contributed by atoms with E-state index < -0.39 is 0 Å². The van der Waals surface area contributed by atoms with Crippen molar-refractivity contribution in [3.05, 3.63) is 12.4 Å². The van der Waals surface area contributed by atoms with Gasteiger partial charge in [-0.3, -0.25) is 9.69 Å². The van der Waals surface area contributed by atoms with Gasteiger partial charge in [0.25, 0.3) is 0 Å². The molecule has 0 atom stereocenters. The molecule has 1 aromatic heterocycles. The lowest BCUT2D eigenvalue weighted by Crippen LogP contribution is -2.48. The molecule has 1 aromatic rings. The second kappa shape index (κ2) is 6.69. The number of carbonyl (C=O) groups is 1. The first-order valence-electron chi connectivity index (χ1n) is 8.43. The number of hydrogen-bond donors (Lipinski definition) is 1. The highest BCUT2D eigenvalue weighted by molar-refractivity contribution is 5.78. The zero-order valence-electron chi connectivity index (χ0n) is 13.7. The molecule has 122 valence electrons. The molecule has 2 heterocycles. The number of aryl methyl sites for hydroxylation is 1. The van der Waals surface area contributed by atoms with Crippen molar-refractivity contribution in [1.29, 1.82) is 0 Å². The molecule has 1 aliphatic heterocycles. The number of imidazole rings is 1. The Morgan fingerprint density at radius 3 is 2.64 bits per heavy atom. The molecule has 2 fully saturated rings. The van der Waals surface area contributed by atoms with Crippen LogP contribution in [0.15, 0.2) is 12.4 Å². The van der Waals surface area contributed by atoms with Crippen molar-refractivity contribution in [2.45, 2.75) is 44.7 Å². The van der Waals surface area contributed by atoms with Crippen LogP contribution in [0.4, 0.5) is 5.95 Å². The first-order valence-corrected chi connectivity index (χ1v) is 8.43. The Morgan fingerprint density at radius 2 is 2.09 bits per heavy atom. The van der Waals surface area contributed by atoms with E-state index in [0.717, 1.165) is 38.4 Å². The molecule has 0 unspecified atom stereocenters. The van der Waals surface area contributed by atoms with Crippen LogP contribution in [-0.4, -0.2) is 58.6 Å². The van der Waals surface area contributed by atoms with Crippen molar-refractivity contribution in [2.75, 3.05) is 31.1 Å². The van der Waals surface area contributed by atoms with Crippen molar-refractivity contribution in [1.82, 2.24) is 19.8 Å². The molecule has 0 radical (unpaired) electrons. The molecular formula is C16H27N5O. The monoisotopic (exact) mass is 305 g/mol. The summed E-state index contributed by atoms with van der Waals surface area (Å²) in [6, 6.07) is 0.961. The molecule has 1 amide bonds. The first kappa shape index (κ1) is 15.3. The maximum atomic E-state index is 12.2. The highest BCUT2D eigenvalue weighted by Gasteiger charge is 2.30. The van der Waals surface area contributed by atoms with Gasteiger partial charge in [-0.25, -0.2) is 4.98 Å². The van der Waals surface area contributed by atoms with Gasteiger partial charge in [0.1, 0.15) is 0 Å². The Balaban J connectivity index is 1.43. The number of amides is 1. The second-order valence-corrected chi connectivity index (χ2v) is 6.46. The SMILES string of the molecule is CCN(CC(=O)NC1CCN(c2nccn2C)CC1)C1CC1. The summed E-state index contributed by atoms with van der Waals surface area (Å²) in [7, 11) is 2.02. The maximum Gasteiger partial charge on any atom is 0.234 e. The molecule has 3 rings (SSSR count). The van der Waals surface area contributed by atoms with Crippen molar-refractivity contribution in [2.24, 2.45) is 7.05 Å². The van der Waals surface area contributed by atoms with E-state index in [4.69, 9.17) is 0 Å². The van der Waals surface area contributed by atoms with Crippen LogP contribution < -0.4 is 10.2 Å². The fourth-order valence-electron chi connectivity index (χ4n) is 3.28. The van der Waals surface area contributed by atoms with E-state index >= 15 is 0 Å².